The van der Waals surface area contributed by atoms with Gasteiger partial charge in [0.05, 0.1) is 30.4 Å². The average molecular weight is 463 g/mol. The van der Waals surface area contributed by atoms with E-state index >= 15 is 0 Å². The van der Waals surface area contributed by atoms with Crippen molar-refractivity contribution in [3.63, 3.8) is 0 Å². The van der Waals surface area contributed by atoms with E-state index in [0.29, 0.717) is 31.1 Å². The monoisotopic (exact) mass is 462 g/mol. The average Bonchev–Trinajstić information content (AvgIpc) is 2.80. The van der Waals surface area contributed by atoms with E-state index in [2.05, 4.69) is 5.32 Å². The van der Waals surface area contributed by atoms with Crippen molar-refractivity contribution in [2.75, 3.05) is 38.2 Å². The summed E-state index contributed by atoms with van der Waals surface area (Å²) in [6.45, 7) is 3.47. The second-order valence-electron chi connectivity index (χ2n) is 7.12. The molecule has 2 aromatic rings. The van der Waals surface area contributed by atoms with E-state index in [1.807, 2.05) is 6.92 Å². The van der Waals surface area contributed by atoms with Crippen molar-refractivity contribution in [3.05, 3.63) is 48.0 Å². The van der Waals surface area contributed by atoms with E-state index in [4.69, 9.17) is 9.47 Å². The molecule has 0 radical (unpaired) electrons. The summed E-state index contributed by atoms with van der Waals surface area (Å²) in [5.74, 6) is -0.335. The van der Waals surface area contributed by atoms with E-state index in [9.17, 15) is 23.1 Å². The second kappa shape index (κ2) is 10.6. The summed E-state index contributed by atoms with van der Waals surface area (Å²) in [6, 6.07) is 10.4. The largest absolute Gasteiger partial charge is 0.506 e. The fourth-order valence-corrected chi connectivity index (χ4v) is 4.63. The molecule has 0 unspecified atom stereocenters. The van der Waals surface area contributed by atoms with Crippen LogP contribution >= 0.6 is 0 Å². The highest BCUT2D eigenvalue weighted by atomic mass is 32.2. The number of ketones is 1. The normalized spacial score (nSPS) is 14.7. The van der Waals surface area contributed by atoms with Crippen molar-refractivity contribution >= 4 is 27.4 Å². The predicted octanol–water partition coefficient (Wildman–Crippen LogP) is 2.41. The number of nitrogens with one attached hydrogen (secondary N) is 1. The van der Waals surface area contributed by atoms with Crippen molar-refractivity contribution in [2.45, 2.75) is 24.7 Å². The summed E-state index contributed by atoms with van der Waals surface area (Å²) < 4.78 is 37.4. The zero-order chi connectivity index (χ0) is 23.1. The number of phenols is 1. The van der Waals surface area contributed by atoms with Gasteiger partial charge >= 0.3 is 0 Å². The number of aromatic hydroxyl groups is 1. The SMILES string of the molecule is CCOc1ccc(C(=O)CCC(=O)Nc2cc(S(=O)(=O)N3CCOCC3)ccc2O)cc1. The number of sulfonamides is 1. The summed E-state index contributed by atoms with van der Waals surface area (Å²) in [5, 5.41) is 12.6. The van der Waals surface area contributed by atoms with Crippen molar-refractivity contribution in [2.24, 2.45) is 0 Å². The van der Waals surface area contributed by atoms with Gasteiger partial charge in [0.2, 0.25) is 15.9 Å². The van der Waals surface area contributed by atoms with Crippen LogP contribution < -0.4 is 10.1 Å². The molecular weight excluding hydrogens is 436 g/mol. The number of hydrogen-bond acceptors (Lipinski definition) is 7. The third-order valence-electron chi connectivity index (χ3n) is 4.92. The summed E-state index contributed by atoms with van der Waals surface area (Å²) in [7, 11) is -3.78. The number of anilines is 1. The molecule has 1 aliphatic rings. The van der Waals surface area contributed by atoms with E-state index in [1.165, 1.54) is 22.5 Å². The Morgan fingerprint density at radius 3 is 2.44 bits per heavy atom. The van der Waals surface area contributed by atoms with Gasteiger partial charge in [-0.15, -0.1) is 0 Å². The number of carbonyl (C=O) groups excluding carboxylic acids is 2. The zero-order valence-corrected chi connectivity index (χ0v) is 18.6. The van der Waals surface area contributed by atoms with Gasteiger partial charge < -0.3 is 19.9 Å². The Morgan fingerprint density at radius 1 is 1.09 bits per heavy atom. The zero-order valence-electron chi connectivity index (χ0n) is 17.7. The molecule has 0 aliphatic carbocycles. The van der Waals surface area contributed by atoms with Gasteiger partial charge in [0.25, 0.3) is 0 Å². The summed E-state index contributed by atoms with van der Waals surface area (Å²) >= 11 is 0. The predicted molar refractivity (Wildman–Crippen MR) is 117 cm³/mol. The smallest absolute Gasteiger partial charge is 0.243 e. The molecular formula is C22H26N2O7S. The quantitative estimate of drug-likeness (QED) is 0.433. The van der Waals surface area contributed by atoms with E-state index in [0.717, 1.165) is 0 Å². The molecule has 9 nitrogen and oxygen atoms in total. The number of amides is 1. The van der Waals surface area contributed by atoms with Gasteiger partial charge in [-0.25, -0.2) is 8.42 Å². The molecule has 3 rings (SSSR count). The van der Waals surface area contributed by atoms with E-state index < -0.39 is 15.9 Å². The maximum atomic E-state index is 12.8. The number of morpholine rings is 1. The Hall–Kier alpha value is -2.95. The summed E-state index contributed by atoms with van der Waals surface area (Å²) in [4.78, 5) is 24.6. The number of rotatable bonds is 9. The Kier molecular flexibility index (Phi) is 7.84. The van der Waals surface area contributed by atoms with Crippen molar-refractivity contribution in [3.8, 4) is 11.5 Å². The van der Waals surface area contributed by atoms with Crippen LogP contribution in [0.2, 0.25) is 0 Å². The van der Waals surface area contributed by atoms with Crippen molar-refractivity contribution in [1.82, 2.24) is 4.31 Å². The lowest BCUT2D eigenvalue weighted by atomic mass is 10.1. The second-order valence-corrected chi connectivity index (χ2v) is 9.06. The number of ether oxygens (including phenoxy) is 2. The molecule has 0 saturated carbocycles. The fraction of sp³-hybridized carbons (Fsp3) is 0.364. The van der Waals surface area contributed by atoms with Crippen LogP contribution in [-0.4, -0.2) is 62.4 Å². The third kappa shape index (κ3) is 5.84. The van der Waals surface area contributed by atoms with Crippen LogP contribution in [0.5, 0.6) is 11.5 Å². The Labute approximate surface area is 187 Å². The highest BCUT2D eigenvalue weighted by Gasteiger charge is 2.27. The molecule has 1 aliphatic heterocycles. The maximum Gasteiger partial charge on any atom is 0.243 e. The standard InChI is InChI=1S/C22H26N2O7S/c1-2-31-17-5-3-16(4-6-17)20(25)9-10-22(27)23-19-15-18(7-8-21(19)26)32(28,29)24-11-13-30-14-12-24/h3-8,15,26H,2,9-14H2,1H3,(H,23,27). The minimum Gasteiger partial charge on any atom is -0.506 e. The summed E-state index contributed by atoms with van der Waals surface area (Å²) in [6.07, 6.45) is -0.154. The number of Topliss-reactive ketones (excluding diaryl/α,β-unsaturated/α-hetero) is 1. The van der Waals surface area contributed by atoms with Crippen molar-refractivity contribution in [1.29, 1.82) is 0 Å². The van der Waals surface area contributed by atoms with Gasteiger partial charge in [-0.3, -0.25) is 9.59 Å². The Morgan fingerprint density at radius 2 is 1.78 bits per heavy atom. The molecule has 1 fully saturated rings. The molecule has 0 spiro atoms. The number of benzene rings is 2. The van der Waals surface area contributed by atoms with Crippen LogP contribution in [0.4, 0.5) is 5.69 Å². The number of nitrogens with zero attached hydrogens (tertiary/aromatic N) is 1. The fourth-order valence-electron chi connectivity index (χ4n) is 3.20. The topological polar surface area (TPSA) is 122 Å². The van der Waals surface area contributed by atoms with Crippen LogP contribution in [-0.2, 0) is 19.6 Å². The van der Waals surface area contributed by atoms with Crippen LogP contribution in [0.25, 0.3) is 0 Å². The lowest BCUT2D eigenvalue weighted by molar-refractivity contribution is -0.116. The van der Waals surface area contributed by atoms with Gasteiger partial charge in [-0.05, 0) is 49.4 Å². The number of hydrogen-bond donors (Lipinski definition) is 2. The maximum absolute atomic E-state index is 12.8. The summed E-state index contributed by atoms with van der Waals surface area (Å²) in [5.41, 5.74) is 0.431. The lowest BCUT2D eigenvalue weighted by Gasteiger charge is -2.26. The molecule has 10 heteroatoms. The van der Waals surface area contributed by atoms with E-state index in [-0.39, 0.29) is 48.0 Å². The van der Waals surface area contributed by atoms with Gasteiger partial charge in [0.1, 0.15) is 11.5 Å². The van der Waals surface area contributed by atoms with Crippen LogP contribution in [0, 0.1) is 0 Å². The molecule has 172 valence electrons. The first-order valence-corrected chi connectivity index (χ1v) is 11.7. The highest BCUT2D eigenvalue weighted by molar-refractivity contribution is 7.89. The van der Waals surface area contributed by atoms with Crippen LogP contribution in [0.1, 0.15) is 30.1 Å². The number of carbonyl (C=O) groups is 2. The molecule has 0 aromatic heterocycles. The number of phenolic OH excluding ortho intramolecular Hbond substituents is 1. The van der Waals surface area contributed by atoms with Crippen molar-refractivity contribution < 1.29 is 32.6 Å². The van der Waals surface area contributed by atoms with Gasteiger partial charge in [-0.1, -0.05) is 0 Å². The minimum absolute atomic E-state index is 0.0298. The van der Waals surface area contributed by atoms with E-state index in [1.54, 1.807) is 24.3 Å². The molecule has 1 heterocycles. The molecule has 1 saturated heterocycles. The molecule has 0 bridgehead atoms. The molecule has 1 amide bonds. The molecule has 0 atom stereocenters. The van der Waals surface area contributed by atoms with Gasteiger partial charge in [0.15, 0.2) is 5.78 Å². The van der Waals surface area contributed by atoms with Crippen LogP contribution in [0.3, 0.4) is 0 Å². The first-order chi connectivity index (χ1) is 15.3. The molecule has 32 heavy (non-hydrogen) atoms. The third-order valence-corrected chi connectivity index (χ3v) is 6.81. The Balaban J connectivity index is 1.62. The highest BCUT2D eigenvalue weighted by Crippen LogP contribution is 2.28. The van der Waals surface area contributed by atoms with Gasteiger partial charge in [0, 0.05) is 31.5 Å². The Bertz CT molecular complexity index is 1060. The lowest BCUT2D eigenvalue weighted by Crippen LogP contribution is -2.40. The first-order valence-electron chi connectivity index (χ1n) is 10.3. The van der Waals surface area contributed by atoms with Crippen LogP contribution in [0.15, 0.2) is 47.4 Å². The van der Waals surface area contributed by atoms with Gasteiger partial charge in [-0.2, -0.15) is 4.31 Å². The molecule has 2 aromatic carbocycles. The first kappa shape index (κ1) is 23.7. The molecule has 2 N–H and O–H groups in total. The minimum atomic E-state index is -3.78.